The summed E-state index contributed by atoms with van der Waals surface area (Å²) in [5, 5.41) is 9.16. The Hall–Kier alpha value is -1.22. The zero-order valence-electron chi connectivity index (χ0n) is 11.5. The van der Waals surface area contributed by atoms with Crippen LogP contribution in [0, 0.1) is 0 Å². The van der Waals surface area contributed by atoms with E-state index in [0.29, 0.717) is 16.4 Å². The van der Waals surface area contributed by atoms with Gasteiger partial charge < -0.3 is 5.32 Å². The first-order valence-corrected chi connectivity index (χ1v) is 8.64. The van der Waals surface area contributed by atoms with Crippen LogP contribution in [0.25, 0.3) is 0 Å². The minimum Gasteiger partial charge on any atom is -0.313 e. The lowest BCUT2D eigenvalue weighted by molar-refractivity contribution is 0.581. The number of thiophene rings is 1. The van der Waals surface area contributed by atoms with Crippen molar-refractivity contribution in [3.05, 3.63) is 35.0 Å². The van der Waals surface area contributed by atoms with Gasteiger partial charge in [0.2, 0.25) is 10.0 Å². The first-order chi connectivity index (χ1) is 9.51. The summed E-state index contributed by atoms with van der Waals surface area (Å²) < 4.78 is 28.8. The Morgan fingerprint density at radius 2 is 2.20 bits per heavy atom. The van der Waals surface area contributed by atoms with E-state index in [-0.39, 0.29) is 6.54 Å². The molecule has 0 atom stereocenters. The Balaban J connectivity index is 2.00. The van der Waals surface area contributed by atoms with Gasteiger partial charge in [-0.1, -0.05) is 6.92 Å². The molecular weight excluding hydrogens is 296 g/mol. The van der Waals surface area contributed by atoms with Gasteiger partial charge in [0.15, 0.2) is 0 Å². The molecule has 8 heteroatoms. The highest BCUT2D eigenvalue weighted by atomic mass is 32.2. The molecular formula is C12H18N4O2S2. The Kier molecular flexibility index (Phi) is 4.92. The van der Waals surface area contributed by atoms with Crippen LogP contribution < -0.4 is 10.0 Å². The molecule has 0 amide bonds. The quantitative estimate of drug-likeness (QED) is 0.801. The normalized spacial score (nSPS) is 11.9. The Morgan fingerprint density at radius 3 is 2.85 bits per heavy atom. The predicted octanol–water partition coefficient (Wildman–Crippen LogP) is 1.07. The second kappa shape index (κ2) is 6.49. The van der Waals surface area contributed by atoms with Gasteiger partial charge in [0, 0.05) is 19.8 Å². The lowest BCUT2D eigenvalue weighted by Crippen LogP contribution is -2.22. The van der Waals surface area contributed by atoms with Crippen molar-refractivity contribution in [1.82, 2.24) is 19.8 Å². The first-order valence-electron chi connectivity index (χ1n) is 6.27. The van der Waals surface area contributed by atoms with Crippen molar-refractivity contribution >= 4 is 21.4 Å². The molecule has 0 aliphatic carbocycles. The van der Waals surface area contributed by atoms with Gasteiger partial charge >= 0.3 is 0 Å². The molecule has 0 radical (unpaired) electrons. The topological polar surface area (TPSA) is 76.0 Å². The smallest absolute Gasteiger partial charge is 0.250 e. The number of nitrogens with zero attached hydrogens (tertiary/aromatic N) is 2. The van der Waals surface area contributed by atoms with Gasteiger partial charge in [0.25, 0.3) is 0 Å². The van der Waals surface area contributed by atoms with Gasteiger partial charge in [-0.25, -0.2) is 13.1 Å². The van der Waals surface area contributed by atoms with Crippen molar-refractivity contribution in [2.75, 3.05) is 6.54 Å². The van der Waals surface area contributed by atoms with Gasteiger partial charge in [-0.3, -0.25) is 4.68 Å². The van der Waals surface area contributed by atoms with Gasteiger partial charge in [-0.2, -0.15) is 5.10 Å². The predicted molar refractivity (Wildman–Crippen MR) is 78.9 cm³/mol. The molecule has 0 bridgehead atoms. The van der Waals surface area contributed by atoms with E-state index in [1.165, 1.54) is 11.3 Å². The molecule has 0 aliphatic heterocycles. The van der Waals surface area contributed by atoms with Crippen molar-refractivity contribution in [2.45, 2.75) is 24.2 Å². The maximum absolute atomic E-state index is 12.1. The zero-order chi connectivity index (χ0) is 14.6. The molecule has 20 heavy (non-hydrogen) atoms. The zero-order valence-corrected chi connectivity index (χ0v) is 13.1. The summed E-state index contributed by atoms with van der Waals surface area (Å²) in [4.78, 5) is 0. The fourth-order valence-electron chi connectivity index (χ4n) is 1.65. The first kappa shape index (κ1) is 15.2. The SMILES string of the molecule is CCNCc1csc(S(=O)(=O)NCc2ccn(C)n2)c1. The van der Waals surface area contributed by atoms with Gasteiger partial charge in [-0.05, 0) is 29.6 Å². The molecule has 0 unspecified atom stereocenters. The fraction of sp³-hybridized carbons (Fsp3) is 0.417. The highest BCUT2D eigenvalue weighted by molar-refractivity contribution is 7.91. The lowest BCUT2D eigenvalue weighted by Gasteiger charge is -2.02. The molecule has 0 spiro atoms. The third kappa shape index (κ3) is 3.89. The Labute approximate surface area is 122 Å². The molecule has 0 fully saturated rings. The minimum atomic E-state index is -3.46. The van der Waals surface area contributed by atoms with Crippen LogP contribution in [-0.2, 0) is 30.2 Å². The van der Waals surface area contributed by atoms with Gasteiger partial charge in [0.1, 0.15) is 4.21 Å². The van der Waals surface area contributed by atoms with Crippen LogP contribution >= 0.6 is 11.3 Å². The molecule has 110 valence electrons. The van der Waals surface area contributed by atoms with E-state index in [2.05, 4.69) is 15.1 Å². The number of hydrogen-bond donors (Lipinski definition) is 2. The summed E-state index contributed by atoms with van der Waals surface area (Å²) in [6, 6.07) is 3.49. The monoisotopic (exact) mass is 314 g/mol. The minimum absolute atomic E-state index is 0.198. The molecule has 2 aromatic heterocycles. The molecule has 2 heterocycles. The van der Waals surface area contributed by atoms with Gasteiger partial charge in [0.05, 0.1) is 12.2 Å². The molecule has 2 N–H and O–H groups in total. The third-order valence-electron chi connectivity index (χ3n) is 2.69. The van der Waals surface area contributed by atoms with Crippen molar-refractivity contribution in [2.24, 2.45) is 7.05 Å². The lowest BCUT2D eigenvalue weighted by atomic mass is 10.3. The summed E-state index contributed by atoms with van der Waals surface area (Å²) in [7, 11) is -1.67. The van der Waals surface area contributed by atoms with E-state index in [1.54, 1.807) is 30.1 Å². The maximum Gasteiger partial charge on any atom is 0.250 e. The number of aryl methyl sites for hydroxylation is 1. The molecule has 6 nitrogen and oxygen atoms in total. The van der Waals surface area contributed by atoms with Crippen LogP contribution in [0.4, 0.5) is 0 Å². The van der Waals surface area contributed by atoms with Crippen LogP contribution in [0.3, 0.4) is 0 Å². The fourth-order valence-corrected chi connectivity index (χ4v) is 3.91. The number of nitrogens with one attached hydrogen (secondary N) is 2. The van der Waals surface area contributed by atoms with Crippen molar-refractivity contribution in [1.29, 1.82) is 0 Å². The summed E-state index contributed by atoms with van der Waals surface area (Å²) >= 11 is 1.23. The number of rotatable bonds is 7. The van der Waals surface area contributed by atoms with E-state index in [0.717, 1.165) is 12.1 Å². The van der Waals surface area contributed by atoms with Gasteiger partial charge in [-0.15, -0.1) is 11.3 Å². The average molecular weight is 314 g/mol. The average Bonchev–Trinajstić information content (AvgIpc) is 3.03. The summed E-state index contributed by atoms with van der Waals surface area (Å²) in [5.74, 6) is 0. The standard InChI is InChI=1S/C12H18N4O2S2/c1-3-13-7-10-6-12(19-9-10)20(17,18)14-8-11-4-5-16(2)15-11/h4-6,9,13-14H,3,7-8H2,1-2H3. The number of sulfonamides is 1. The van der Waals surface area contributed by atoms with E-state index >= 15 is 0 Å². The molecule has 0 aliphatic rings. The van der Waals surface area contributed by atoms with E-state index < -0.39 is 10.0 Å². The largest absolute Gasteiger partial charge is 0.313 e. The molecule has 0 saturated heterocycles. The van der Waals surface area contributed by atoms with Crippen LogP contribution in [0.1, 0.15) is 18.2 Å². The van der Waals surface area contributed by atoms with Crippen molar-refractivity contribution < 1.29 is 8.42 Å². The third-order valence-corrected chi connectivity index (χ3v) is 5.58. The second-order valence-corrected chi connectivity index (χ2v) is 7.26. The van der Waals surface area contributed by atoms with Crippen LogP contribution in [0.15, 0.2) is 27.9 Å². The Morgan fingerprint density at radius 1 is 1.40 bits per heavy atom. The molecule has 0 saturated carbocycles. The second-order valence-electron chi connectivity index (χ2n) is 4.36. The maximum atomic E-state index is 12.1. The van der Waals surface area contributed by atoms with Crippen molar-refractivity contribution in [3.63, 3.8) is 0 Å². The highest BCUT2D eigenvalue weighted by Gasteiger charge is 2.16. The summed E-state index contributed by atoms with van der Waals surface area (Å²) in [6.07, 6.45) is 1.78. The van der Waals surface area contributed by atoms with Crippen molar-refractivity contribution in [3.8, 4) is 0 Å². The van der Waals surface area contributed by atoms with Crippen LogP contribution in [0.2, 0.25) is 0 Å². The summed E-state index contributed by atoms with van der Waals surface area (Å²) in [6.45, 7) is 3.75. The summed E-state index contributed by atoms with van der Waals surface area (Å²) in [5.41, 5.74) is 1.68. The van der Waals surface area contributed by atoms with Crippen LogP contribution in [0.5, 0.6) is 0 Å². The van der Waals surface area contributed by atoms with E-state index in [4.69, 9.17) is 0 Å². The molecule has 2 rings (SSSR count). The Bertz CT molecular complexity index is 661. The number of aromatic nitrogens is 2. The molecule has 2 aromatic rings. The number of hydrogen-bond acceptors (Lipinski definition) is 5. The van der Waals surface area contributed by atoms with E-state index in [9.17, 15) is 8.42 Å². The molecule has 0 aromatic carbocycles. The highest BCUT2D eigenvalue weighted by Crippen LogP contribution is 2.20. The van der Waals surface area contributed by atoms with E-state index in [1.807, 2.05) is 12.3 Å². The van der Waals surface area contributed by atoms with Crippen LogP contribution in [-0.4, -0.2) is 24.7 Å².